The average molecular weight is 649 g/mol. The van der Waals surface area contributed by atoms with E-state index in [0.29, 0.717) is 16.0 Å². The molecule has 0 aromatic heterocycles. The van der Waals surface area contributed by atoms with E-state index in [9.17, 15) is 14.7 Å². The number of ether oxygens (including phenoxy) is 2. The minimum Gasteiger partial charge on any atom is -0.489 e. The Balaban J connectivity index is 1.26. The molecule has 0 spiro atoms. The molecule has 0 fully saturated rings. The van der Waals surface area contributed by atoms with Crippen molar-refractivity contribution >= 4 is 33.9 Å². The Morgan fingerprint density at radius 1 is 0.795 bits per heavy atom. The van der Waals surface area contributed by atoms with Gasteiger partial charge in [-0.2, -0.15) is 0 Å². The van der Waals surface area contributed by atoms with E-state index in [1.54, 1.807) is 18.2 Å². The molecular weight excluding hydrogens is 618 g/mol. The van der Waals surface area contributed by atoms with Gasteiger partial charge in [0.25, 0.3) is 5.91 Å². The Hall–Kier alpha value is -5.14. The fourth-order valence-corrected chi connectivity index (χ4v) is 4.95. The van der Waals surface area contributed by atoms with Gasteiger partial charge in [-0.3, -0.25) is 4.79 Å². The van der Waals surface area contributed by atoms with Crippen molar-refractivity contribution in [3.63, 3.8) is 0 Å². The molecule has 0 heterocycles. The lowest BCUT2D eigenvalue weighted by Crippen LogP contribution is -2.42. The summed E-state index contributed by atoms with van der Waals surface area (Å²) in [6.07, 6.45) is 3.89. The first-order valence-corrected chi connectivity index (χ1v) is 14.8. The lowest BCUT2D eigenvalue weighted by atomic mass is 9.99. The zero-order valence-corrected chi connectivity index (χ0v) is 25.3. The average Bonchev–Trinajstić information content (AvgIpc) is 3.05. The molecule has 6 nitrogen and oxygen atoms in total. The number of carboxylic acid groups (broad SMARTS) is 1. The van der Waals surface area contributed by atoms with Crippen LogP contribution in [0, 0.1) is 0 Å². The van der Waals surface area contributed by atoms with E-state index in [4.69, 9.17) is 9.47 Å². The van der Waals surface area contributed by atoms with Gasteiger partial charge in [0.15, 0.2) is 0 Å². The first-order chi connectivity index (χ1) is 21.5. The monoisotopic (exact) mass is 647 g/mol. The largest absolute Gasteiger partial charge is 0.489 e. The summed E-state index contributed by atoms with van der Waals surface area (Å²) in [5, 5.41) is 12.6. The van der Waals surface area contributed by atoms with Crippen LogP contribution >= 0.6 is 15.9 Å². The van der Waals surface area contributed by atoms with Crippen molar-refractivity contribution in [3.05, 3.63) is 155 Å². The summed E-state index contributed by atoms with van der Waals surface area (Å²) in [5.74, 6) is 0.133. The topological polar surface area (TPSA) is 84.9 Å². The summed E-state index contributed by atoms with van der Waals surface area (Å²) in [5.41, 5.74) is 3.87. The van der Waals surface area contributed by atoms with Crippen LogP contribution in [0.3, 0.4) is 0 Å². The minimum atomic E-state index is -1.15. The Labute approximate surface area is 264 Å². The second-order valence-corrected chi connectivity index (χ2v) is 10.9. The maximum atomic E-state index is 13.3. The van der Waals surface area contributed by atoms with Crippen LogP contribution in [-0.2, 0) is 11.2 Å². The van der Waals surface area contributed by atoms with Crippen molar-refractivity contribution in [3.8, 4) is 28.4 Å². The Morgan fingerprint density at radius 2 is 1.48 bits per heavy atom. The number of hydrogen-bond acceptors (Lipinski definition) is 4. The maximum absolute atomic E-state index is 13.3. The molecule has 5 aromatic carbocycles. The quantitative estimate of drug-likeness (QED) is 0.142. The third-order valence-corrected chi connectivity index (χ3v) is 7.29. The van der Waals surface area contributed by atoms with Crippen molar-refractivity contribution in [2.75, 3.05) is 6.61 Å². The predicted molar refractivity (Wildman–Crippen MR) is 176 cm³/mol. The van der Waals surface area contributed by atoms with Gasteiger partial charge in [0.05, 0.1) is 5.56 Å². The number of benzene rings is 5. The number of carbonyl (C=O) groups is 2. The number of para-hydroxylation sites is 2. The molecule has 1 amide bonds. The maximum Gasteiger partial charge on any atom is 0.326 e. The smallest absolute Gasteiger partial charge is 0.326 e. The van der Waals surface area contributed by atoms with Crippen LogP contribution in [0.1, 0.15) is 21.5 Å². The third kappa shape index (κ3) is 8.24. The second kappa shape index (κ2) is 14.8. The zero-order valence-electron chi connectivity index (χ0n) is 23.7. The lowest BCUT2D eigenvalue weighted by Gasteiger charge is -2.17. The normalized spacial score (nSPS) is 11.6. The van der Waals surface area contributed by atoms with E-state index >= 15 is 0 Å². The van der Waals surface area contributed by atoms with E-state index in [1.807, 2.05) is 121 Å². The third-order valence-electron chi connectivity index (χ3n) is 6.80. The van der Waals surface area contributed by atoms with Gasteiger partial charge in [0, 0.05) is 16.5 Å². The van der Waals surface area contributed by atoms with Crippen molar-refractivity contribution in [2.24, 2.45) is 0 Å². The number of hydrogen-bond donors (Lipinski definition) is 2. The predicted octanol–water partition coefficient (Wildman–Crippen LogP) is 8.43. The van der Waals surface area contributed by atoms with Gasteiger partial charge in [-0.05, 0) is 59.2 Å². The number of halogens is 1. The van der Waals surface area contributed by atoms with Gasteiger partial charge in [0.1, 0.15) is 29.9 Å². The first kappa shape index (κ1) is 30.3. The van der Waals surface area contributed by atoms with E-state index in [2.05, 4.69) is 21.2 Å². The number of rotatable bonds is 12. The van der Waals surface area contributed by atoms with E-state index in [0.717, 1.165) is 28.0 Å². The molecule has 0 saturated heterocycles. The molecule has 5 aromatic rings. The highest BCUT2D eigenvalue weighted by Crippen LogP contribution is 2.33. The van der Waals surface area contributed by atoms with Crippen LogP contribution in [0.2, 0.25) is 0 Å². The SMILES string of the molecule is O=C(NC(Cc1ccc(-c2ccccc2Oc2ccccc2)cc1)C(=O)O)c1cc(Br)ccc1OC/C=C/c1ccccc1. The Morgan fingerprint density at radius 3 is 2.20 bits per heavy atom. The van der Waals surface area contributed by atoms with Gasteiger partial charge < -0.3 is 19.9 Å². The molecular formula is C37H30BrNO5. The molecule has 220 valence electrons. The highest BCUT2D eigenvalue weighted by atomic mass is 79.9. The van der Waals surface area contributed by atoms with Crippen LogP contribution in [0.15, 0.2) is 138 Å². The fourth-order valence-electron chi connectivity index (χ4n) is 4.59. The van der Waals surface area contributed by atoms with Crippen LogP contribution in [0.25, 0.3) is 17.2 Å². The van der Waals surface area contributed by atoms with Crippen molar-refractivity contribution in [1.82, 2.24) is 5.32 Å². The molecule has 1 atom stereocenters. The van der Waals surface area contributed by atoms with Crippen LogP contribution < -0.4 is 14.8 Å². The summed E-state index contributed by atoms with van der Waals surface area (Å²) >= 11 is 3.40. The number of aliphatic carboxylic acids is 1. The Kier molecular flexibility index (Phi) is 10.2. The molecule has 0 aliphatic carbocycles. The molecule has 2 N–H and O–H groups in total. The number of carbonyl (C=O) groups excluding carboxylic acids is 1. The first-order valence-electron chi connectivity index (χ1n) is 14.0. The summed E-state index contributed by atoms with van der Waals surface area (Å²) in [6.45, 7) is 0.241. The molecule has 5 rings (SSSR count). The molecule has 0 bridgehead atoms. The second-order valence-electron chi connectivity index (χ2n) is 9.94. The van der Waals surface area contributed by atoms with Crippen molar-refractivity contribution < 1.29 is 24.2 Å². The molecule has 7 heteroatoms. The van der Waals surface area contributed by atoms with Gasteiger partial charge in [-0.25, -0.2) is 4.79 Å². The standard InChI is InChI=1S/C37H30BrNO5/c38-29-21-22-34(43-23-9-12-26-10-3-1-4-11-26)32(25-29)36(40)39-33(37(41)42)24-27-17-19-28(20-18-27)31-15-7-8-16-35(31)44-30-13-5-2-6-14-30/h1-22,25,33H,23-24H2,(H,39,40)(H,41,42)/b12-9+. The van der Waals surface area contributed by atoms with Gasteiger partial charge in [-0.1, -0.05) is 113 Å². The summed E-state index contributed by atoms with van der Waals surface area (Å²) in [4.78, 5) is 25.5. The number of nitrogens with one attached hydrogen (secondary N) is 1. The summed E-state index contributed by atoms with van der Waals surface area (Å²) < 4.78 is 12.6. The van der Waals surface area contributed by atoms with Gasteiger partial charge in [0.2, 0.25) is 0 Å². The lowest BCUT2D eigenvalue weighted by molar-refractivity contribution is -0.139. The van der Waals surface area contributed by atoms with Crippen LogP contribution in [-0.4, -0.2) is 29.6 Å². The zero-order chi connectivity index (χ0) is 30.7. The Bertz CT molecular complexity index is 1740. The van der Waals surface area contributed by atoms with Crippen LogP contribution in [0.5, 0.6) is 17.2 Å². The van der Waals surface area contributed by atoms with Crippen molar-refractivity contribution in [1.29, 1.82) is 0 Å². The molecule has 44 heavy (non-hydrogen) atoms. The highest BCUT2D eigenvalue weighted by molar-refractivity contribution is 9.10. The number of amides is 1. The molecule has 0 aliphatic heterocycles. The number of carboxylic acids is 1. The highest BCUT2D eigenvalue weighted by Gasteiger charge is 2.23. The van der Waals surface area contributed by atoms with E-state index < -0.39 is 17.9 Å². The van der Waals surface area contributed by atoms with E-state index in [1.165, 1.54) is 0 Å². The molecule has 0 radical (unpaired) electrons. The molecule has 0 aliphatic rings. The summed E-state index contributed by atoms with van der Waals surface area (Å²) in [7, 11) is 0. The fraction of sp³-hybridized carbons (Fsp3) is 0.0811. The molecule has 0 saturated carbocycles. The van der Waals surface area contributed by atoms with Crippen LogP contribution in [0.4, 0.5) is 0 Å². The van der Waals surface area contributed by atoms with Gasteiger partial charge in [-0.15, -0.1) is 0 Å². The molecule has 1 unspecified atom stereocenters. The van der Waals surface area contributed by atoms with Gasteiger partial charge >= 0.3 is 5.97 Å². The van der Waals surface area contributed by atoms with Crippen molar-refractivity contribution in [2.45, 2.75) is 12.5 Å². The minimum absolute atomic E-state index is 0.105. The summed E-state index contributed by atoms with van der Waals surface area (Å²) in [6, 6.07) is 38.6. The van der Waals surface area contributed by atoms with E-state index in [-0.39, 0.29) is 18.6 Å².